The van der Waals surface area contributed by atoms with Crippen molar-refractivity contribution in [2.24, 2.45) is 0 Å². The molecule has 0 spiro atoms. The molecule has 2 aromatic carbocycles. The first-order chi connectivity index (χ1) is 11.7. The molecule has 0 saturated heterocycles. The zero-order chi connectivity index (χ0) is 18.2. The normalized spacial score (nSPS) is 11.6. The Morgan fingerprint density at radius 1 is 1.16 bits per heavy atom. The minimum absolute atomic E-state index is 0.0407. The molecule has 0 fully saturated rings. The Morgan fingerprint density at radius 3 is 2.52 bits per heavy atom. The van der Waals surface area contributed by atoms with Crippen LogP contribution in [0.3, 0.4) is 0 Å². The smallest absolute Gasteiger partial charge is 0.241 e. The van der Waals surface area contributed by atoms with Gasteiger partial charge in [0.1, 0.15) is 5.75 Å². The summed E-state index contributed by atoms with van der Waals surface area (Å²) in [5.74, 6) is -1.33. The molecule has 0 aliphatic rings. The van der Waals surface area contributed by atoms with E-state index in [1.165, 1.54) is 35.6 Å². The van der Waals surface area contributed by atoms with E-state index >= 15 is 0 Å². The predicted octanol–water partition coefficient (Wildman–Crippen LogP) is 4.32. The summed E-state index contributed by atoms with van der Waals surface area (Å²) in [6.07, 6.45) is 0. The van der Waals surface area contributed by atoms with Gasteiger partial charge >= 0.3 is 0 Å². The fourth-order valence-electron chi connectivity index (χ4n) is 2.26. The molecule has 1 N–H and O–H groups in total. The number of aryl methyl sites for hydroxylation is 1. The zero-order valence-electron chi connectivity index (χ0n) is 12.9. The molecule has 1 amide bonds. The molecule has 0 aliphatic heterocycles. The van der Waals surface area contributed by atoms with Gasteiger partial charge in [0.15, 0.2) is 15.0 Å². The molecule has 1 heterocycles. The molecule has 0 saturated carbocycles. The molecule has 0 unspecified atom stereocenters. The Balaban J connectivity index is 1.78. The number of benzene rings is 2. The lowest BCUT2D eigenvalue weighted by atomic mass is 10.2. The Bertz CT molecular complexity index is 1060. The third-order valence-corrected chi connectivity index (χ3v) is 6.41. The number of carbonyl (C=O) groups excluding carboxylic acids is 1. The number of rotatable bonds is 4. The van der Waals surface area contributed by atoms with Crippen molar-refractivity contribution < 1.29 is 13.2 Å². The first kappa shape index (κ1) is 18.1. The molecule has 0 atom stereocenters. The molecule has 25 heavy (non-hydrogen) atoms. The number of hydrogen-bond acceptors (Lipinski definition) is 5. The minimum Gasteiger partial charge on any atom is -0.301 e. The summed E-state index contributed by atoms with van der Waals surface area (Å²) in [6, 6.07) is 9.20. The number of nitrogens with zero attached hydrogens (tertiary/aromatic N) is 1. The standard InChI is InChI=1S/C16H12Cl2N2O3S2/c1-9-6-11(18)7-13-15(9)20-16(24-13)19-14(21)8-25(22,23)12-4-2-10(17)3-5-12/h2-7H,8H2,1H3,(H,19,20,21). The van der Waals surface area contributed by atoms with Gasteiger partial charge in [0, 0.05) is 10.0 Å². The van der Waals surface area contributed by atoms with E-state index in [0.29, 0.717) is 15.2 Å². The lowest BCUT2D eigenvalue weighted by molar-refractivity contribution is -0.113. The summed E-state index contributed by atoms with van der Waals surface area (Å²) in [5.41, 5.74) is 1.61. The number of anilines is 1. The molecule has 1 aromatic heterocycles. The monoisotopic (exact) mass is 414 g/mol. The molecule has 0 aliphatic carbocycles. The third-order valence-electron chi connectivity index (χ3n) is 3.39. The minimum atomic E-state index is -3.76. The van der Waals surface area contributed by atoms with Gasteiger partial charge in [-0.05, 0) is 48.9 Å². The van der Waals surface area contributed by atoms with Crippen molar-refractivity contribution in [1.29, 1.82) is 0 Å². The van der Waals surface area contributed by atoms with E-state index in [-0.39, 0.29) is 4.90 Å². The average molecular weight is 415 g/mol. The number of amides is 1. The molecule has 5 nitrogen and oxygen atoms in total. The van der Waals surface area contributed by atoms with Gasteiger partial charge in [-0.1, -0.05) is 34.5 Å². The summed E-state index contributed by atoms with van der Waals surface area (Å²) in [5, 5.41) is 3.87. The van der Waals surface area contributed by atoms with Crippen LogP contribution in [0.5, 0.6) is 0 Å². The molecule has 0 radical (unpaired) electrons. The van der Waals surface area contributed by atoms with E-state index in [9.17, 15) is 13.2 Å². The van der Waals surface area contributed by atoms with Crippen molar-refractivity contribution in [2.45, 2.75) is 11.8 Å². The van der Waals surface area contributed by atoms with Crippen LogP contribution in [0.1, 0.15) is 5.56 Å². The lowest BCUT2D eigenvalue weighted by Gasteiger charge is -2.04. The quantitative estimate of drug-likeness (QED) is 0.689. The molecular formula is C16H12Cl2N2O3S2. The van der Waals surface area contributed by atoms with Crippen LogP contribution in [0.2, 0.25) is 10.0 Å². The maximum absolute atomic E-state index is 12.3. The van der Waals surface area contributed by atoms with Crippen LogP contribution in [-0.2, 0) is 14.6 Å². The number of nitrogens with one attached hydrogen (secondary N) is 1. The van der Waals surface area contributed by atoms with E-state index in [4.69, 9.17) is 23.2 Å². The second-order valence-corrected chi connectivity index (χ2v) is 9.24. The average Bonchev–Trinajstić information content (AvgIpc) is 2.89. The topological polar surface area (TPSA) is 76.1 Å². The highest BCUT2D eigenvalue weighted by Gasteiger charge is 2.20. The van der Waals surface area contributed by atoms with Gasteiger partial charge in [-0.15, -0.1) is 0 Å². The maximum atomic E-state index is 12.3. The SMILES string of the molecule is Cc1cc(Cl)cc2sc(NC(=O)CS(=O)(=O)c3ccc(Cl)cc3)nc12. The molecule has 3 aromatic rings. The number of fused-ring (bicyclic) bond motifs is 1. The highest BCUT2D eigenvalue weighted by molar-refractivity contribution is 7.92. The molecule has 130 valence electrons. The van der Waals surface area contributed by atoms with Crippen LogP contribution in [0.25, 0.3) is 10.2 Å². The number of carbonyl (C=O) groups is 1. The van der Waals surface area contributed by atoms with Gasteiger partial charge < -0.3 is 5.32 Å². The summed E-state index contributed by atoms with van der Waals surface area (Å²) in [6.45, 7) is 1.87. The molecule has 9 heteroatoms. The molecular weight excluding hydrogens is 403 g/mol. The maximum Gasteiger partial charge on any atom is 0.241 e. The van der Waals surface area contributed by atoms with E-state index in [1.54, 1.807) is 12.1 Å². The predicted molar refractivity (Wildman–Crippen MR) is 102 cm³/mol. The van der Waals surface area contributed by atoms with Crippen molar-refractivity contribution in [2.75, 3.05) is 11.1 Å². The summed E-state index contributed by atoms with van der Waals surface area (Å²) >= 11 is 13.0. The van der Waals surface area contributed by atoms with E-state index in [2.05, 4.69) is 10.3 Å². The Hall–Kier alpha value is -1.67. The van der Waals surface area contributed by atoms with Gasteiger partial charge in [0.2, 0.25) is 5.91 Å². The van der Waals surface area contributed by atoms with Crippen molar-refractivity contribution in [3.05, 3.63) is 52.0 Å². The lowest BCUT2D eigenvalue weighted by Crippen LogP contribution is -2.22. The van der Waals surface area contributed by atoms with Crippen molar-refractivity contribution >= 4 is 65.6 Å². The van der Waals surface area contributed by atoms with Gasteiger partial charge in [-0.3, -0.25) is 4.79 Å². The fourth-order valence-corrected chi connectivity index (χ4v) is 4.86. The fraction of sp³-hybridized carbons (Fsp3) is 0.125. The van der Waals surface area contributed by atoms with Crippen LogP contribution < -0.4 is 5.32 Å². The van der Waals surface area contributed by atoms with Crippen LogP contribution >= 0.6 is 34.5 Å². The Morgan fingerprint density at radius 2 is 1.84 bits per heavy atom. The number of thiazole rings is 1. The van der Waals surface area contributed by atoms with Crippen molar-refractivity contribution in [1.82, 2.24) is 4.98 Å². The van der Waals surface area contributed by atoms with E-state index in [0.717, 1.165) is 15.8 Å². The van der Waals surface area contributed by atoms with Gasteiger partial charge in [-0.25, -0.2) is 13.4 Å². The number of hydrogen-bond donors (Lipinski definition) is 1. The second kappa shape index (κ2) is 6.92. The summed E-state index contributed by atoms with van der Waals surface area (Å²) in [4.78, 5) is 16.5. The second-order valence-electron chi connectivity index (χ2n) is 5.35. The highest BCUT2D eigenvalue weighted by atomic mass is 35.5. The van der Waals surface area contributed by atoms with Gasteiger partial charge in [-0.2, -0.15) is 0 Å². The summed E-state index contributed by atoms with van der Waals surface area (Å²) < 4.78 is 25.4. The summed E-state index contributed by atoms with van der Waals surface area (Å²) in [7, 11) is -3.76. The largest absolute Gasteiger partial charge is 0.301 e. The number of halogens is 2. The Kier molecular flexibility index (Phi) is 5.02. The highest BCUT2D eigenvalue weighted by Crippen LogP contribution is 2.31. The molecule has 0 bridgehead atoms. The zero-order valence-corrected chi connectivity index (χ0v) is 16.1. The van der Waals surface area contributed by atoms with Crippen LogP contribution in [0.15, 0.2) is 41.3 Å². The molecule has 3 rings (SSSR count). The van der Waals surface area contributed by atoms with E-state index in [1.807, 2.05) is 6.92 Å². The first-order valence-electron chi connectivity index (χ1n) is 7.09. The van der Waals surface area contributed by atoms with Crippen LogP contribution in [-0.4, -0.2) is 25.1 Å². The van der Waals surface area contributed by atoms with Gasteiger partial charge in [0.25, 0.3) is 0 Å². The van der Waals surface area contributed by atoms with Gasteiger partial charge in [0.05, 0.1) is 15.1 Å². The number of aromatic nitrogens is 1. The Labute approximate surface area is 158 Å². The van der Waals surface area contributed by atoms with Crippen molar-refractivity contribution in [3.8, 4) is 0 Å². The van der Waals surface area contributed by atoms with Crippen LogP contribution in [0, 0.1) is 6.92 Å². The first-order valence-corrected chi connectivity index (χ1v) is 10.3. The van der Waals surface area contributed by atoms with Crippen LogP contribution in [0.4, 0.5) is 5.13 Å². The van der Waals surface area contributed by atoms with E-state index < -0.39 is 21.5 Å². The van der Waals surface area contributed by atoms with Crippen molar-refractivity contribution in [3.63, 3.8) is 0 Å². The third kappa shape index (κ3) is 4.12. The number of sulfone groups is 1.